The summed E-state index contributed by atoms with van der Waals surface area (Å²) >= 11 is 0. The molecule has 6 nitrogen and oxygen atoms in total. The standard InChI is InChI=1S/C21H22F2N2O4/c1-28-16-4-6-19(29-2)13(9-16)7-8-24-21(27)14-10-20(26)25(12-14)18-5-3-15(22)11-17(18)23/h3-6,9,11,14H,7-8,10,12H2,1-2H3,(H,24,27). The third kappa shape index (κ3) is 4.64. The highest BCUT2D eigenvalue weighted by atomic mass is 19.1. The number of nitrogens with one attached hydrogen (secondary N) is 1. The van der Waals surface area contributed by atoms with E-state index < -0.39 is 17.6 Å². The fourth-order valence-corrected chi connectivity index (χ4v) is 3.36. The predicted octanol–water partition coefficient (Wildman–Crippen LogP) is 2.69. The number of hydrogen-bond donors (Lipinski definition) is 1. The van der Waals surface area contributed by atoms with E-state index in [4.69, 9.17) is 9.47 Å². The Morgan fingerprint density at radius 2 is 1.97 bits per heavy atom. The van der Waals surface area contributed by atoms with Crippen molar-refractivity contribution in [3.8, 4) is 11.5 Å². The molecule has 1 fully saturated rings. The molecule has 0 saturated carbocycles. The van der Waals surface area contributed by atoms with Crippen LogP contribution in [-0.2, 0) is 16.0 Å². The molecule has 0 aliphatic carbocycles. The van der Waals surface area contributed by atoms with Crippen molar-refractivity contribution in [2.75, 3.05) is 32.2 Å². The molecule has 2 amide bonds. The molecule has 2 aromatic carbocycles. The van der Waals surface area contributed by atoms with Crippen LogP contribution in [0, 0.1) is 17.6 Å². The van der Waals surface area contributed by atoms with Crippen molar-refractivity contribution in [3.63, 3.8) is 0 Å². The van der Waals surface area contributed by atoms with E-state index in [1.165, 1.54) is 11.0 Å². The summed E-state index contributed by atoms with van der Waals surface area (Å²) in [5, 5.41) is 2.81. The van der Waals surface area contributed by atoms with Crippen LogP contribution in [0.2, 0.25) is 0 Å². The Morgan fingerprint density at radius 3 is 2.66 bits per heavy atom. The number of rotatable bonds is 7. The summed E-state index contributed by atoms with van der Waals surface area (Å²) in [6.07, 6.45) is 0.494. The largest absolute Gasteiger partial charge is 0.497 e. The Bertz CT molecular complexity index is 920. The smallest absolute Gasteiger partial charge is 0.227 e. The zero-order valence-electron chi connectivity index (χ0n) is 16.2. The van der Waals surface area contributed by atoms with Crippen LogP contribution in [0.3, 0.4) is 0 Å². The molecular formula is C21H22F2N2O4. The molecular weight excluding hydrogens is 382 g/mol. The number of methoxy groups -OCH3 is 2. The lowest BCUT2D eigenvalue weighted by atomic mass is 10.1. The summed E-state index contributed by atoms with van der Waals surface area (Å²) in [4.78, 5) is 25.9. The minimum atomic E-state index is -0.829. The average Bonchev–Trinajstić information content (AvgIpc) is 3.09. The summed E-state index contributed by atoms with van der Waals surface area (Å²) in [6, 6.07) is 8.42. The van der Waals surface area contributed by atoms with Crippen molar-refractivity contribution in [1.82, 2.24) is 5.32 Å². The Labute approximate surface area is 167 Å². The first-order valence-electron chi connectivity index (χ1n) is 9.17. The average molecular weight is 404 g/mol. The monoisotopic (exact) mass is 404 g/mol. The van der Waals surface area contributed by atoms with E-state index in [-0.39, 0.29) is 30.5 Å². The number of nitrogens with zero attached hydrogens (tertiary/aromatic N) is 1. The molecule has 0 spiro atoms. The maximum absolute atomic E-state index is 14.0. The first kappa shape index (κ1) is 20.6. The molecule has 8 heteroatoms. The molecule has 3 rings (SSSR count). The molecule has 154 valence electrons. The van der Waals surface area contributed by atoms with Gasteiger partial charge in [0, 0.05) is 25.6 Å². The topological polar surface area (TPSA) is 67.9 Å². The Balaban J connectivity index is 1.59. The highest BCUT2D eigenvalue weighted by Gasteiger charge is 2.36. The van der Waals surface area contributed by atoms with Crippen molar-refractivity contribution in [3.05, 3.63) is 53.6 Å². The molecule has 29 heavy (non-hydrogen) atoms. The molecule has 0 aromatic heterocycles. The van der Waals surface area contributed by atoms with Gasteiger partial charge in [0.1, 0.15) is 23.1 Å². The zero-order chi connectivity index (χ0) is 21.0. The van der Waals surface area contributed by atoms with Crippen LogP contribution in [0.5, 0.6) is 11.5 Å². The Kier molecular flexibility index (Phi) is 6.31. The number of halogens is 2. The van der Waals surface area contributed by atoms with E-state index in [2.05, 4.69) is 5.32 Å². The maximum atomic E-state index is 14.0. The molecule has 1 unspecified atom stereocenters. The second kappa shape index (κ2) is 8.89. The quantitative estimate of drug-likeness (QED) is 0.771. The second-order valence-electron chi connectivity index (χ2n) is 6.72. The first-order valence-corrected chi connectivity index (χ1v) is 9.17. The van der Waals surface area contributed by atoms with Crippen molar-refractivity contribution in [2.24, 2.45) is 5.92 Å². The van der Waals surface area contributed by atoms with Gasteiger partial charge in [-0.15, -0.1) is 0 Å². The van der Waals surface area contributed by atoms with E-state index in [1.807, 2.05) is 6.07 Å². The molecule has 0 bridgehead atoms. The van der Waals surface area contributed by atoms with Crippen LogP contribution in [-0.4, -0.2) is 39.1 Å². The lowest BCUT2D eigenvalue weighted by Crippen LogP contribution is -2.34. The van der Waals surface area contributed by atoms with Gasteiger partial charge >= 0.3 is 0 Å². The van der Waals surface area contributed by atoms with Gasteiger partial charge in [-0.3, -0.25) is 9.59 Å². The number of ether oxygens (including phenoxy) is 2. The molecule has 1 saturated heterocycles. The highest BCUT2D eigenvalue weighted by molar-refractivity contribution is 6.00. The molecule has 1 N–H and O–H groups in total. The fraction of sp³-hybridized carbons (Fsp3) is 0.333. The Hall–Kier alpha value is -3.16. The van der Waals surface area contributed by atoms with Crippen molar-refractivity contribution in [1.29, 1.82) is 0 Å². The van der Waals surface area contributed by atoms with E-state index >= 15 is 0 Å². The van der Waals surface area contributed by atoms with E-state index in [0.29, 0.717) is 24.5 Å². The van der Waals surface area contributed by atoms with Crippen LogP contribution in [0.25, 0.3) is 0 Å². The third-order valence-corrected chi connectivity index (χ3v) is 4.88. The summed E-state index contributed by atoms with van der Waals surface area (Å²) in [5.74, 6) is -1.43. The van der Waals surface area contributed by atoms with Gasteiger partial charge in [0.25, 0.3) is 0 Å². The van der Waals surface area contributed by atoms with Crippen LogP contribution in [0.1, 0.15) is 12.0 Å². The first-order chi connectivity index (χ1) is 13.9. The molecule has 0 radical (unpaired) electrons. The van der Waals surface area contributed by atoms with Gasteiger partial charge in [0.05, 0.1) is 25.8 Å². The lowest BCUT2D eigenvalue weighted by molar-refractivity contribution is -0.126. The molecule has 1 aliphatic heterocycles. The zero-order valence-corrected chi connectivity index (χ0v) is 16.2. The van der Waals surface area contributed by atoms with Gasteiger partial charge in [-0.05, 0) is 42.3 Å². The SMILES string of the molecule is COc1ccc(OC)c(CCNC(=O)C2CC(=O)N(c3ccc(F)cc3F)C2)c1. The van der Waals surface area contributed by atoms with Crippen molar-refractivity contribution in [2.45, 2.75) is 12.8 Å². The van der Waals surface area contributed by atoms with E-state index in [1.54, 1.807) is 26.4 Å². The van der Waals surface area contributed by atoms with Gasteiger partial charge in [0.2, 0.25) is 11.8 Å². The van der Waals surface area contributed by atoms with E-state index in [0.717, 1.165) is 17.7 Å². The fourth-order valence-electron chi connectivity index (χ4n) is 3.36. The Morgan fingerprint density at radius 1 is 1.17 bits per heavy atom. The number of amides is 2. The number of carbonyl (C=O) groups excluding carboxylic acids is 2. The van der Waals surface area contributed by atoms with Gasteiger partial charge in [-0.25, -0.2) is 8.78 Å². The molecule has 1 aliphatic rings. The lowest BCUT2D eigenvalue weighted by Gasteiger charge is -2.17. The van der Waals surface area contributed by atoms with Gasteiger partial charge < -0.3 is 19.7 Å². The summed E-state index contributed by atoms with van der Waals surface area (Å²) in [5.41, 5.74) is 0.859. The number of hydrogen-bond acceptors (Lipinski definition) is 4. The normalized spacial score (nSPS) is 16.1. The molecule has 1 heterocycles. The maximum Gasteiger partial charge on any atom is 0.227 e. The van der Waals surface area contributed by atoms with Crippen molar-refractivity contribution < 1.29 is 27.8 Å². The van der Waals surface area contributed by atoms with Gasteiger partial charge in [-0.2, -0.15) is 0 Å². The van der Waals surface area contributed by atoms with E-state index in [9.17, 15) is 18.4 Å². The van der Waals surface area contributed by atoms with Crippen LogP contribution in [0.15, 0.2) is 36.4 Å². The van der Waals surface area contributed by atoms with Crippen LogP contribution in [0.4, 0.5) is 14.5 Å². The number of carbonyl (C=O) groups is 2. The summed E-state index contributed by atoms with van der Waals surface area (Å²) in [7, 11) is 3.14. The highest BCUT2D eigenvalue weighted by Crippen LogP contribution is 2.28. The molecule has 1 atom stereocenters. The third-order valence-electron chi connectivity index (χ3n) is 4.88. The van der Waals surface area contributed by atoms with Crippen LogP contribution < -0.4 is 19.7 Å². The van der Waals surface area contributed by atoms with Crippen LogP contribution >= 0.6 is 0 Å². The summed E-state index contributed by atoms with van der Waals surface area (Å²) in [6.45, 7) is 0.396. The number of benzene rings is 2. The van der Waals surface area contributed by atoms with Crippen molar-refractivity contribution >= 4 is 17.5 Å². The van der Waals surface area contributed by atoms with Gasteiger partial charge in [0.15, 0.2) is 0 Å². The number of anilines is 1. The molecule has 2 aromatic rings. The predicted molar refractivity (Wildman–Crippen MR) is 103 cm³/mol. The minimum Gasteiger partial charge on any atom is -0.497 e. The van der Waals surface area contributed by atoms with Gasteiger partial charge in [-0.1, -0.05) is 0 Å². The second-order valence-corrected chi connectivity index (χ2v) is 6.72. The summed E-state index contributed by atoms with van der Waals surface area (Å²) < 4.78 is 37.6. The minimum absolute atomic E-state index is 0.0205.